The predicted molar refractivity (Wildman–Crippen MR) is 73.3 cm³/mol. The Morgan fingerprint density at radius 1 is 1.31 bits per heavy atom. The molecule has 3 heteroatoms. The van der Waals surface area contributed by atoms with E-state index < -0.39 is 0 Å². The number of thiophene rings is 1. The van der Waals surface area contributed by atoms with Crippen LogP contribution in [0.4, 0.5) is 0 Å². The van der Waals surface area contributed by atoms with Crippen molar-refractivity contribution >= 4 is 11.3 Å². The molecule has 1 rings (SSSR count). The highest BCUT2D eigenvalue weighted by molar-refractivity contribution is 7.12. The second kappa shape index (κ2) is 5.30. The van der Waals surface area contributed by atoms with Gasteiger partial charge in [0.25, 0.3) is 0 Å². The van der Waals surface area contributed by atoms with E-state index >= 15 is 0 Å². The van der Waals surface area contributed by atoms with Crippen LogP contribution < -0.4 is 5.32 Å². The second-order valence-corrected chi connectivity index (χ2v) is 6.71. The van der Waals surface area contributed by atoms with Crippen molar-refractivity contribution in [2.45, 2.75) is 39.8 Å². The molecule has 0 aliphatic rings. The largest absolute Gasteiger partial charge is 0.311 e. The minimum absolute atomic E-state index is 0.207. The molecular formula is C13H24N2S. The van der Waals surface area contributed by atoms with Crippen LogP contribution in [0.5, 0.6) is 0 Å². The standard InChI is InChI=1S/C13H24N2S/c1-10-7-12(11(2)16-10)8-14-9-13(3,4)15(5)6/h7,14H,8-9H2,1-6H3. The zero-order chi connectivity index (χ0) is 12.3. The molecular weight excluding hydrogens is 216 g/mol. The van der Waals surface area contributed by atoms with Crippen LogP contribution in [0.25, 0.3) is 0 Å². The van der Waals surface area contributed by atoms with E-state index in [2.05, 4.69) is 58.1 Å². The van der Waals surface area contributed by atoms with Gasteiger partial charge in [0.15, 0.2) is 0 Å². The monoisotopic (exact) mass is 240 g/mol. The zero-order valence-electron chi connectivity index (χ0n) is 11.3. The molecule has 0 amide bonds. The summed E-state index contributed by atoms with van der Waals surface area (Å²) in [6, 6.07) is 2.29. The van der Waals surface area contributed by atoms with Crippen molar-refractivity contribution in [3.8, 4) is 0 Å². The van der Waals surface area contributed by atoms with Gasteiger partial charge in [-0.05, 0) is 53.4 Å². The lowest BCUT2D eigenvalue weighted by atomic mass is 10.0. The third-order valence-electron chi connectivity index (χ3n) is 3.23. The Hall–Kier alpha value is -0.380. The molecule has 0 fully saturated rings. The van der Waals surface area contributed by atoms with Gasteiger partial charge in [-0.25, -0.2) is 0 Å². The fraction of sp³-hybridized carbons (Fsp3) is 0.692. The predicted octanol–water partition coefficient (Wildman–Crippen LogP) is 2.79. The highest BCUT2D eigenvalue weighted by atomic mass is 32.1. The van der Waals surface area contributed by atoms with Crippen LogP contribution in [-0.2, 0) is 6.54 Å². The Morgan fingerprint density at radius 2 is 1.94 bits per heavy atom. The SMILES string of the molecule is Cc1cc(CNCC(C)(C)N(C)C)c(C)s1. The van der Waals surface area contributed by atoms with Crippen molar-refractivity contribution in [3.63, 3.8) is 0 Å². The highest BCUT2D eigenvalue weighted by Crippen LogP contribution is 2.20. The minimum Gasteiger partial charge on any atom is -0.311 e. The number of likely N-dealkylation sites (N-methyl/N-ethyl adjacent to an activating group) is 1. The van der Waals surface area contributed by atoms with Crippen molar-refractivity contribution in [1.82, 2.24) is 10.2 Å². The Labute approximate surface area is 104 Å². The number of nitrogens with zero attached hydrogens (tertiary/aromatic N) is 1. The molecule has 1 N–H and O–H groups in total. The van der Waals surface area contributed by atoms with Gasteiger partial charge in [0.2, 0.25) is 0 Å². The molecule has 0 atom stereocenters. The summed E-state index contributed by atoms with van der Waals surface area (Å²) >= 11 is 1.88. The first kappa shape index (κ1) is 13.7. The van der Waals surface area contributed by atoms with Crippen LogP contribution in [0.2, 0.25) is 0 Å². The molecule has 0 saturated heterocycles. The first-order valence-electron chi connectivity index (χ1n) is 5.77. The number of hydrogen-bond donors (Lipinski definition) is 1. The lowest BCUT2D eigenvalue weighted by Gasteiger charge is -2.32. The van der Waals surface area contributed by atoms with Gasteiger partial charge >= 0.3 is 0 Å². The van der Waals surface area contributed by atoms with E-state index in [1.54, 1.807) is 0 Å². The van der Waals surface area contributed by atoms with Crippen LogP contribution in [-0.4, -0.2) is 31.1 Å². The van der Waals surface area contributed by atoms with Crippen molar-refractivity contribution in [2.75, 3.05) is 20.6 Å². The summed E-state index contributed by atoms with van der Waals surface area (Å²) < 4.78 is 0. The molecule has 16 heavy (non-hydrogen) atoms. The molecule has 0 saturated carbocycles. The molecule has 0 bridgehead atoms. The van der Waals surface area contributed by atoms with Crippen LogP contribution in [0.1, 0.15) is 29.2 Å². The molecule has 0 spiro atoms. The molecule has 0 aromatic carbocycles. The molecule has 1 aromatic rings. The molecule has 1 aromatic heterocycles. The third-order valence-corrected chi connectivity index (χ3v) is 4.24. The van der Waals surface area contributed by atoms with Crippen LogP contribution >= 0.6 is 11.3 Å². The lowest BCUT2D eigenvalue weighted by Crippen LogP contribution is -2.46. The summed E-state index contributed by atoms with van der Waals surface area (Å²) in [6.45, 7) is 10.9. The average molecular weight is 240 g/mol. The maximum atomic E-state index is 3.54. The summed E-state index contributed by atoms with van der Waals surface area (Å²) in [5.74, 6) is 0. The molecule has 0 aliphatic heterocycles. The quantitative estimate of drug-likeness (QED) is 0.851. The Kier molecular flexibility index (Phi) is 4.53. The summed E-state index contributed by atoms with van der Waals surface area (Å²) in [6.07, 6.45) is 0. The smallest absolute Gasteiger partial charge is 0.0271 e. The highest BCUT2D eigenvalue weighted by Gasteiger charge is 2.19. The average Bonchev–Trinajstić information content (AvgIpc) is 2.44. The number of rotatable bonds is 5. The maximum absolute atomic E-state index is 3.54. The van der Waals surface area contributed by atoms with E-state index in [9.17, 15) is 0 Å². The van der Waals surface area contributed by atoms with Gasteiger partial charge in [0.1, 0.15) is 0 Å². The summed E-state index contributed by atoms with van der Waals surface area (Å²) in [5, 5.41) is 3.54. The first-order chi connectivity index (χ1) is 7.33. The molecule has 0 unspecified atom stereocenters. The lowest BCUT2D eigenvalue weighted by molar-refractivity contribution is 0.190. The van der Waals surface area contributed by atoms with Crippen molar-refractivity contribution in [3.05, 3.63) is 21.4 Å². The van der Waals surface area contributed by atoms with E-state index in [-0.39, 0.29) is 5.54 Å². The van der Waals surface area contributed by atoms with Gasteiger partial charge in [-0.1, -0.05) is 0 Å². The fourth-order valence-corrected chi connectivity index (χ4v) is 2.47. The number of aryl methyl sites for hydroxylation is 2. The second-order valence-electron chi connectivity index (χ2n) is 5.25. The number of hydrogen-bond acceptors (Lipinski definition) is 3. The molecule has 0 aliphatic carbocycles. The first-order valence-corrected chi connectivity index (χ1v) is 6.58. The maximum Gasteiger partial charge on any atom is 0.0271 e. The summed E-state index contributed by atoms with van der Waals surface area (Å²) in [7, 11) is 4.25. The van der Waals surface area contributed by atoms with Crippen molar-refractivity contribution < 1.29 is 0 Å². The normalized spacial score (nSPS) is 12.4. The van der Waals surface area contributed by atoms with Gasteiger partial charge in [-0.15, -0.1) is 11.3 Å². The van der Waals surface area contributed by atoms with Gasteiger partial charge in [-0.3, -0.25) is 0 Å². The van der Waals surface area contributed by atoms with Gasteiger partial charge in [-0.2, -0.15) is 0 Å². The van der Waals surface area contributed by atoms with Gasteiger partial charge in [0.05, 0.1) is 0 Å². The van der Waals surface area contributed by atoms with E-state index in [0.29, 0.717) is 0 Å². The Bertz CT molecular complexity index is 340. The molecule has 0 radical (unpaired) electrons. The number of nitrogens with one attached hydrogen (secondary N) is 1. The van der Waals surface area contributed by atoms with Gasteiger partial charge < -0.3 is 10.2 Å². The van der Waals surface area contributed by atoms with Crippen LogP contribution in [0.15, 0.2) is 6.07 Å². The van der Waals surface area contributed by atoms with Crippen molar-refractivity contribution in [2.24, 2.45) is 0 Å². The zero-order valence-corrected chi connectivity index (χ0v) is 12.2. The Morgan fingerprint density at radius 3 is 2.38 bits per heavy atom. The molecule has 1 heterocycles. The van der Waals surface area contributed by atoms with Crippen LogP contribution in [0, 0.1) is 13.8 Å². The van der Waals surface area contributed by atoms with E-state index in [4.69, 9.17) is 0 Å². The molecule has 2 nitrogen and oxygen atoms in total. The topological polar surface area (TPSA) is 15.3 Å². The summed E-state index contributed by atoms with van der Waals surface area (Å²) in [4.78, 5) is 5.10. The van der Waals surface area contributed by atoms with E-state index in [1.807, 2.05) is 11.3 Å². The molecule has 92 valence electrons. The fourth-order valence-electron chi connectivity index (χ4n) is 1.52. The minimum atomic E-state index is 0.207. The van der Waals surface area contributed by atoms with Crippen molar-refractivity contribution in [1.29, 1.82) is 0 Å². The third kappa shape index (κ3) is 3.58. The van der Waals surface area contributed by atoms with E-state index in [0.717, 1.165) is 13.1 Å². The Balaban J connectivity index is 2.44. The summed E-state index contributed by atoms with van der Waals surface area (Å²) in [5.41, 5.74) is 1.65. The van der Waals surface area contributed by atoms with E-state index in [1.165, 1.54) is 15.3 Å². The van der Waals surface area contributed by atoms with Crippen LogP contribution in [0.3, 0.4) is 0 Å². The van der Waals surface area contributed by atoms with Gasteiger partial charge in [0, 0.05) is 28.4 Å².